The Kier molecular flexibility index (Phi) is 5.07. The van der Waals surface area contributed by atoms with Gasteiger partial charge in [0.2, 0.25) is 11.8 Å². The van der Waals surface area contributed by atoms with Crippen LogP contribution in [0.15, 0.2) is 30.5 Å². The summed E-state index contributed by atoms with van der Waals surface area (Å²) >= 11 is 0. The lowest BCUT2D eigenvalue weighted by molar-refractivity contribution is -0.131. The maximum atomic E-state index is 13.8. The molecule has 0 aliphatic carbocycles. The molecule has 6 nitrogen and oxygen atoms in total. The zero-order valence-corrected chi connectivity index (χ0v) is 15.9. The third-order valence-electron chi connectivity index (χ3n) is 5.60. The fraction of sp³-hybridized carbons (Fsp3) is 0.429. The lowest BCUT2D eigenvalue weighted by Gasteiger charge is -2.28. The standard InChI is InChI=1S/C21H23FN4O2/c1-14(27)25-8-6-16(12-25)21-23-11-17-13-26(9-7-19(17)24-21)20(28)10-15-4-2-3-5-18(15)22/h2-5,11,16H,6-10,12-13H2,1H3/t16-/m0/s1. The molecule has 28 heavy (non-hydrogen) atoms. The Morgan fingerprint density at radius 3 is 2.79 bits per heavy atom. The molecule has 1 fully saturated rings. The molecule has 1 saturated heterocycles. The second-order valence-electron chi connectivity index (χ2n) is 7.48. The van der Waals surface area contributed by atoms with Crippen LogP contribution in [-0.2, 0) is 29.0 Å². The van der Waals surface area contributed by atoms with E-state index in [2.05, 4.69) is 4.98 Å². The highest BCUT2D eigenvalue weighted by Gasteiger charge is 2.29. The molecule has 4 rings (SSSR count). The van der Waals surface area contributed by atoms with Crippen LogP contribution in [0.1, 0.15) is 41.9 Å². The van der Waals surface area contributed by atoms with Gasteiger partial charge in [-0.3, -0.25) is 9.59 Å². The normalized spacial score (nSPS) is 18.9. The number of likely N-dealkylation sites (tertiary alicyclic amines) is 1. The number of carbonyl (C=O) groups excluding carboxylic acids is 2. The van der Waals surface area contributed by atoms with E-state index in [1.54, 1.807) is 36.2 Å². The lowest BCUT2D eigenvalue weighted by Crippen LogP contribution is -2.37. The minimum absolute atomic E-state index is 0.0594. The van der Waals surface area contributed by atoms with E-state index in [0.717, 1.165) is 30.0 Å². The molecule has 1 atom stereocenters. The molecule has 0 radical (unpaired) electrons. The number of carbonyl (C=O) groups is 2. The fourth-order valence-corrected chi connectivity index (χ4v) is 3.91. The van der Waals surface area contributed by atoms with E-state index in [0.29, 0.717) is 31.6 Å². The van der Waals surface area contributed by atoms with Crippen molar-refractivity contribution in [3.63, 3.8) is 0 Å². The van der Waals surface area contributed by atoms with Crippen molar-refractivity contribution in [2.24, 2.45) is 0 Å². The van der Waals surface area contributed by atoms with Gasteiger partial charge in [-0.15, -0.1) is 0 Å². The molecular weight excluding hydrogens is 359 g/mol. The highest BCUT2D eigenvalue weighted by atomic mass is 19.1. The van der Waals surface area contributed by atoms with Crippen LogP contribution in [0.4, 0.5) is 4.39 Å². The van der Waals surface area contributed by atoms with Crippen molar-refractivity contribution >= 4 is 11.8 Å². The van der Waals surface area contributed by atoms with Gasteiger partial charge in [-0.05, 0) is 18.1 Å². The van der Waals surface area contributed by atoms with Crippen molar-refractivity contribution in [2.75, 3.05) is 19.6 Å². The molecule has 2 aliphatic heterocycles. The van der Waals surface area contributed by atoms with Crippen LogP contribution in [0.25, 0.3) is 0 Å². The summed E-state index contributed by atoms with van der Waals surface area (Å²) in [6, 6.07) is 6.38. The molecule has 2 aromatic rings. The molecule has 0 saturated carbocycles. The Balaban J connectivity index is 1.43. The van der Waals surface area contributed by atoms with Gasteiger partial charge >= 0.3 is 0 Å². The van der Waals surface area contributed by atoms with Gasteiger partial charge in [-0.2, -0.15) is 0 Å². The van der Waals surface area contributed by atoms with E-state index >= 15 is 0 Å². The summed E-state index contributed by atoms with van der Waals surface area (Å²) < 4.78 is 13.8. The Morgan fingerprint density at radius 2 is 2.04 bits per heavy atom. The summed E-state index contributed by atoms with van der Waals surface area (Å²) in [5.41, 5.74) is 2.33. The highest BCUT2D eigenvalue weighted by molar-refractivity contribution is 5.79. The van der Waals surface area contributed by atoms with Gasteiger partial charge in [0.1, 0.15) is 11.6 Å². The second-order valence-corrected chi connectivity index (χ2v) is 7.48. The maximum absolute atomic E-state index is 13.8. The van der Waals surface area contributed by atoms with Crippen LogP contribution in [0.3, 0.4) is 0 Å². The number of hydrogen-bond acceptors (Lipinski definition) is 4. The lowest BCUT2D eigenvalue weighted by atomic mass is 10.0. The first kappa shape index (κ1) is 18.5. The number of hydrogen-bond donors (Lipinski definition) is 0. The summed E-state index contributed by atoms with van der Waals surface area (Å²) in [4.78, 5) is 36.9. The van der Waals surface area contributed by atoms with Crippen molar-refractivity contribution in [3.8, 4) is 0 Å². The molecule has 1 aromatic heterocycles. The molecule has 0 bridgehead atoms. The topological polar surface area (TPSA) is 66.4 Å². The van der Waals surface area contributed by atoms with Gasteiger partial charge < -0.3 is 9.80 Å². The third kappa shape index (κ3) is 3.74. The third-order valence-corrected chi connectivity index (χ3v) is 5.60. The van der Waals surface area contributed by atoms with E-state index in [1.165, 1.54) is 6.07 Å². The van der Waals surface area contributed by atoms with E-state index in [9.17, 15) is 14.0 Å². The van der Waals surface area contributed by atoms with Crippen molar-refractivity contribution in [1.29, 1.82) is 0 Å². The number of fused-ring (bicyclic) bond motifs is 1. The summed E-state index contributed by atoms with van der Waals surface area (Å²) in [5.74, 6) is 0.609. The molecule has 3 heterocycles. The van der Waals surface area contributed by atoms with Crippen molar-refractivity contribution in [2.45, 2.75) is 38.6 Å². The van der Waals surface area contributed by atoms with E-state index < -0.39 is 0 Å². The number of halogens is 1. The van der Waals surface area contributed by atoms with E-state index in [1.807, 2.05) is 4.90 Å². The largest absolute Gasteiger partial charge is 0.342 e. The van der Waals surface area contributed by atoms with Crippen molar-refractivity contribution in [3.05, 3.63) is 58.9 Å². The van der Waals surface area contributed by atoms with E-state index in [4.69, 9.17) is 4.98 Å². The van der Waals surface area contributed by atoms with Crippen molar-refractivity contribution < 1.29 is 14.0 Å². The first-order valence-electron chi connectivity index (χ1n) is 9.62. The average Bonchev–Trinajstić information content (AvgIpc) is 3.19. The van der Waals surface area contributed by atoms with Gasteiger partial charge in [0.15, 0.2) is 0 Å². The minimum Gasteiger partial charge on any atom is -0.342 e. The highest BCUT2D eigenvalue weighted by Crippen LogP contribution is 2.26. The Labute approximate surface area is 163 Å². The average molecular weight is 382 g/mol. The van der Waals surface area contributed by atoms with Crippen molar-refractivity contribution in [1.82, 2.24) is 19.8 Å². The Morgan fingerprint density at radius 1 is 1.21 bits per heavy atom. The van der Waals surface area contributed by atoms with Gasteiger partial charge in [0, 0.05) is 57.2 Å². The van der Waals surface area contributed by atoms with Gasteiger partial charge in [0.25, 0.3) is 0 Å². The molecule has 1 aromatic carbocycles. The Bertz CT molecular complexity index is 917. The number of amides is 2. The molecule has 2 aliphatic rings. The monoisotopic (exact) mass is 382 g/mol. The summed E-state index contributed by atoms with van der Waals surface area (Å²) in [5, 5.41) is 0. The molecular formula is C21H23FN4O2. The second kappa shape index (κ2) is 7.66. The smallest absolute Gasteiger partial charge is 0.227 e. The van der Waals surface area contributed by atoms with Gasteiger partial charge in [-0.25, -0.2) is 14.4 Å². The van der Waals surface area contributed by atoms with Gasteiger partial charge in [0.05, 0.1) is 12.1 Å². The number of benzene rings is 1. The van der Waals surface area contributed by atoms with Gasteiger partial charge in [-0.1, -0.05) is 18.2 Å². The number of aromatic nitrogens is 2. The minimum atomic E-state index is -0.350. The van der Waals surface area contributed by atoms with E-state index in [-0.39, 0.29) is 30.0 Å². The molecule has 0 N–H and O–H groups in total. The molecule has 146 valence electrons. The zero-order valence-electron chi connectivity index (χ0n) is 15.9. The van der Waals surface area contributed by atoms with Crippen LogP contribution in [0, 0.1) is 5.82 Å². The predicted octanol–water partition coefficient (Wildman–Crippen LogP) is 2.08. The quantitative estimate of drug-likeness (QED) is 0.815. The SMILES string of the molecule is CC(=O)N1CC[C@H](c2ncc3c(n2)CCN(C(=O)Cc2ccccc2F)C3)C1. The summed E-state index contributed by atoms with van der Waals surface area (Å²) in [7, 11) is 0. The number of nitrogens with zero attached hydrogens (tertiary/aromatic N) is 4. The van der Waals surface area contributed by atoms with Crippen LogP contribution in [0.5, 0.6) is 0 Å². The number of rotatable bonds is 3. The van der Waals surface area contributed by atoms with Crippen LogP contribution in [-0.4, -0.2) is 51.2 Å². The van der Waals surface area contributed by atoms with Crippen LogP contribution in [0.2, 0.25) is 0 Å². The molecule has 2 amide bonds. The summed E-state index contributed by atoms with van der Waals surface area (Å²) in [6.45, 7) is 4.03. The molecule has 0 unspecified atom stereocenters. The zero-order chi connectivity index (χ0) is 19.7. The molecule has 7 heteroatoms. The maximum Gasteiger partial charge on any atom is 0.227 e. The van der Waals surface area contributed by atoms with Crippen LogP contribution >= 0.6 is 0 Å². The molecule has 0 spiro atoms. The summed E-state index contributed by atoms with van der Waals surface area (Å²) in [6.07, 6.45) is 3.41. The Hall–Kier alpha value is -2.83. The first-order chi connectivity index (χ1) is 13.5. The fourth-order valence-electron chi connectivity index (χ4n) is 3.91. The predicted molar refractivity (Wildman–Crippen MR) is 101 cm³/mol. The van der Waals surface area contributed by atoms with Crippen LogP contribution < -0.4 is 0 Å². The first-order valence-corrected chi connectivity index (χ1v) is 9.62.